The van der Waals surface area contributed by atoms with Crippen LogP contribution in [0.2, 0.25) is 0 Å². The van der Waals surface area contributed by atoms with Crippen molar-refractivity contribution in [3.8, 4) is 0 Å². The zero-order chi connectivity index (χ0) is 13.6. The molecule has 3 fully saturated rings. The van der Waals surface area contributed by atoms with Crippen molar-refractivity contribution in [3.63, 3.8) is 0 Å². The van der Waals surface area contributed by atoms with Gasteiger partial charge in [-0.25, -0.2) is 0 Å². The van der Waals surface area contributed by atoms with Crippen LogP contribution in [0.4, 0.5) is 0 Å². The molecular weight excluding hydrogens is 236 g/mol. The summed E-state index contributed by atoms with van der Waals surface area (Å²) in [6, 6.07) is 3.11. The maximum absolute atomic E-state index is 5.65. The van der Waals surface area contributed by atoms with Gasteiger partial charge in [0.05, 0.1) is 6.10 Å². The van der Waals surface area contributed by atoms with Crippen molar-refractivity contribution >= 4 is 0 Å². The molecule has 19 heavy (non-hydrogen) atoms. The monoisotopic (exact) mass is 266 g/mol. The van der Waals surface area contributed by atoms with E-state index in [1.165, 1.54) is 38.5 Å². The van der Waals surface area contributed by atoms with E-state index in [4.69, 9.17) is 4.74 Å². The number of piperidine rings is 2. The molecule has 0 aromatic carbocycles. The van der Waals surface area contributed by atoms with Gasteiger partial charge in [0.1, 0.15) is 0 Å². The zero-order valence-electron chi connectivity index (χ0n) is 13.0. The zero-order valence-corrected chi connectivity index (χ0v) is 13.0. The van der Waals surface area contributed by atoms with Crippen LogP contribution in [0.1, 0.15) is 52.4 Å². The highest BCUT2D eigenvalue weighted by molar-refractivity contribution is 5.09. The van der Waals surface area contributed by atoms with Crippen molar-refractivity contribution in [1.82, 2.24) is 10.2 Å². The Morgan fingerprint density at radius 1 is 1.11 bits per heavy atom. The van der Waals surface area contributed by atoms with Gasteiger partial charge in [0.2, 0.25) is 0 Å². The van der Waals surface area contributed by atoms with E-state index in [9.17, 15) is 0 Å². The summed E-state index contributed by atoms with van der Waals surface area (Å²) in [4.78, 5) is 2.90. The summed E-state index contributed by atoms with van der Waals surface area (Å²) in [6.07, 6.45) is 8.62. The van der Waals surface area contributed by atoms with Gasteiger partial charge in [0, 0.05) is 36.7 Å². The molecule has 3 nitrogen and oxygen atoms in total. The molecule has 0 amide bonds. The molecule has 2 aliphatic heterocycles. The van der Waals surface area contributed by atoms with Gasteiger partial charge in [-0.1, -0.05) is 20.3 Å². The Morgan fingerprint density at radius 2 is 1.74 bits per heavy atom. The summed E-state index contributed by atoms with van der Waals surface area (Å²) in [5.41, 5.74) is 0.328. The van der Waals surface area contributed by atoms with Gasteiger partial charge in [-0.05, 0) is 39.2 Å². The summed E-state index contributed by atoms with van der Waals surface area (Å²) < 4.78 is 5.65. The number of fused-ring (bicyclic) bond motifs is 2. The van der Waals surface area contributed by atoms with E-state index in [2.05, 4.69) is 31.1 Å². The predicted molar refractivity (Wildman–Crippen MR) is 78.3 cm³/mol. The van der Waals surface area contributed by atoms with Gasteiger partial charge in [-0.3, -0.25) is 4.90 Å². The van der Waals surface area contributed by atoms with Crippen LogP contribution in [0.3, 0.4) is 0 Å². The molecule has 0 radical (unpaired) electrons. The third kappa shape index (κ3) is 2.14. The SMILES string of the molecule is CNC1CC2CCCC(C1)N2C1CC(OC)C1(C)C. The van der Waals surface area contributed by atoms with Crippen LogP contribution in [0.5, 0.6) is 0 Å². The fraction of sp³-hybridized carbons (Fsp3) is 1.00. The summed E-state index contributed by atoms with van der Waals surface area (Å²) in [7, 11) is 4.00. The van der Waals surface area contributed by atoms with Crippen LogP contribution in [-0.2, 0) is 4.74 Å². The Balaban J connectivity index is 1.75. The number of nitrogens with zero attached hydrogens (tertiary/aromatic N) is 1. The Bertz CT molecular complexity index is 317. The lowest BCUT2D eigenvalue weighted by atomic mass is 9.61. The van der Waals surface area contributed by atoms with Crippen molar-refractivity contribution < 1.29 is 4.74 Å². The molecule has 2 saturated heterocycles. The smallest absolute Gasteiger partial charge is 0.0652 e. The molecule has 0 aromatic rings. The van der Waals surface area contributed by atoms with Crippen LogP contribution in [0.25, 0.3) is 0 Å². The first-order valence-corrected chi connectivity index (χ1v) is 8.05. The topological polar surface area (TPSA) is 24.5 Å². The van der Waals surface area contributed by atoms with Crippen molar-refractivity contribution in [3.05, 3.63) is 0 Å². The molecule has 3 rings (SSSR count). The Hall–Kier alpha value is -0.120. The predicted octanol–water partition coefficient (Wildman–Crippen LogP) is 2.40. The van der Waals surface area contributed by atoms with Gasteiger partial charge < -0.3 is 10.1 Å². The minimum absolute atomic E-state index is 0.328. The summed E-state index contributed by atoms with van der Waals surface area (Å²) in [5.74, 6) is 0. The highest BCUT2D eigenvalue weighted by Gasteiger charge is 2.55. The largest absolute Gasteiger partial charge is 0.381 e. The minimum Gasteiger partial charge on any atom is -0.381 e. The minimum atomic E-state index is 0.328. The average Bonchev–Trinajstić information content (AvgIpc) is 2.37. The summed E-state index contributed by atoms with van der Waals surface area (Å²) >= 11 is 0. The fourth-order valence-electron chi connectivity index (χ4n) is 4.93. The van der Waals surface area contributed by atoms with Crippen molar-refractivity contribution in [2.75, 3.05) is 14.2 Å². The van der Waals surface area contributed by atoms with E-state index in [-0.39, 0.29) is 0 Å². The number of ether oxygens (including phenoxy) is 1. The number of hydrogen-bond donors (Lipinski definition) is 1. The quantitative estimate of drug-likeness (QED) is 0.849. The molecule has 110 valence electrons. The normalized spacial score (nSPS) is 45.8. The molecular formula is C16H30N2O. The number of nitrogens with one attached hydrogen (secondary N) is 1. The van der Waals surface area contributed by atoms with Gasteiger partial charge in [-0.2, -0.15) is 0 Å². The molecule has 1 saturated carbocycles. The summed E-state index contributed by atoms with van der Waals surface area (Å²) in [6.45, 7) is 4.80. The van der Waals surface area contributed by atoms with E-state index in [1.54, 1.807) is 0 Å². The van der Waals surface area contributed by atoms with Gasteiger partial charge in [-0.15, -0.1) is 0 Å². The molecule has 0 spiro atoms. The maximum atomic E-state index is 5.65. The molecule has 2 heterocycles. The summed E-state index contributed by atoms with van der Waals surface area (Å²) in [5, 5.41) is 3.52. The highest BCUT2D eigenvalue weighted by atomic mass is 16.5. The maximum Gasteiger partial charge on any atom is 0.0652 e. The lowest BCUT2D eigenvalue weighted by molar-refractivity contribution is -0.173. The molecule has 4 atom stereocenters. The van der Waals surface area contributed by atoms with E-state index < -0.39 is 0 Å². The molecule has 1 N–H and O–H groups in total. The van der Waals surface area contributed by atoms with Crippen LogP contribution >= 0.6 is 0 Å². The highest BCUT2D eigenvalue weighted by Crippen LogP contribution is 2.50. The first-order valence-electron chi connectivity index (χ1n) is 8.05. The second-order valence-electron chi connectivity index (χ2n) is 7.44. The third-order valence-corrected chi connectivity index (χ3v) is 6.21. The Labute approximate surface area is 118 Å². The molecule has 3 aliphatic rings. The van der Waals surface area contributed by atoms with Crippen LogP contribution in [0, 0.1) is 5.41 Å². The first kappa shape index (κ1) is 13.8. The number of methoxy groups -OCH3 is 1. The van der Waals surface area contributed by atoms with Gasteiger partial charge >= 0.3 is 0 Å². The van der Waals surface area contributed by atoms with E-state index in [0.29, 0.717) is 11.5 Å². The lowest BCUT2D eigenvalue weighted by Gasteiger charge is -2.62. The standard InChI is InChI=1S/C16H30N2O/c1-16(2)14(10-15(16)19-4)18-12-6-5-7-13(18)9-11(8-12)17-3/h11-15,17H,5-10H2,1-4H3. The lowest BCUT2D eigenvalue weighted by Crippen LogP contribution is -2.69. The van der Waals surface area contributed by atoms with E-state index in [1.807, 2.05) is 7.11 Å². The molecule has 3 heteroatoms. The van der Waals surface area contributed by atoms with Crippen molar-refractivity contribution in [1.29, 1.82) is 0 Å². The van der Waals surface area contributed by atoms with Crippen molar-refractivity contribution in [2.45, 2.75) is 82.6 Å². The number of hydrogen-bond acceptors (Lipinski definition) is 3. The van der Waals surface area contributed by atoms with Gasteiger partial charge in [0.25, 0.3) is 0 Å². The fourth-order valence-corrected chi connectivity index (χ4v) is 4.93. The van der Waals surface area contributed by atoms with Crippen LogP contribution in [-0.4, -0.2) is 49.3 Å². The van der Waals surface area contributed by atoms with Crippen molar-refractivity contribution in [2.24, 2.45) is 5.41 Å². The van der Waals surface area contributed by atoms with Gasteiger partial charge in [0.15, 0.2) is 0 Å². The molecule has 4 unspecified atom stereocenters. The van der Waals surface area contributed by atoms with Crippen LogP contribution in [0.15, 0.2) is 0 Å². The second-order valence-corrected chi connectivity index (χ2v) is 7.44. The molecule has 0 aromatic heterocycles. The second kappa shape index (κ2) is 5.01. The number of rotatable bonds is 3. The Kier molecular flexibility index (Phi) is 3.65. The van der Waals surface area contributed by atoms with E-state index >= 15 is 0 Å². The third-order valence-electron chi connectivity index (χ3n) is 6.21. The first-order chi connectivity index (χ1) is 9.07. The van der Waals surface area contributed by atoms with E-state index in [0.717, 1.165) is 24.2 Å². The average molecular weight is 266 g/mol. The van der Waals surface area contributed by atoms with Crippen LogP contribution < -0.4 is 5.32 Å². The molecule has 2 bridgehead atoms. The Morgan fingerprint density at radius 3 is 2.21 bits per heavy atom. The molecule has 1 aliphatic carbocycles.